The van der Waals surface area contributed by atoms with Gasteiger partial charge in [-0.25, -0.2) is 0 Å². The van der Waals surface area contributed by atoms with E-state index in [-0.39, 0.29) is 0 Å². The van der Waals surface area contributed by atoms with Crippen LogP contribution >= 0.6 is 0 Å². The molecule has 1 atom stereocenters. The van der Waals surface area contributed by atoms with Gasteiger partial charge in [-0.05, 0) is 25.8 Å². The molecule has 0 saturated heterocycles. The van der Waals surface area contributed by atoms with Crippen molar-refractivity contribution in [1.29, 1.82) is 0 Å². The molecule has 1 aliphatic rings. The molecule has 1 heterocycles. The largest absolute Gasteiger partial charge is 0.361 e. The Bertz CT molecular complexity index is 244. The van der Waals surface area contributed by atoms with Crippen molar-refractivity contribution in [3.8, 4) is 0 Å². The van der Waals surface area contributed by atoms with Crippen LogP contribution in [0.5, 0.6) is 0 Å². The van der Waals surface area contributed by atoms with Crippen molar-refractivity contribution in [3.05, 3.63) is 17.5 Å². The van der Waals surface area contributed by atoms with E-state index in [4.69, 9.17) is 10.3 Å². The van der Waals surface area contributed by atoms with Crippen LogP contribution in [0.4, 0.5) is 0 Å². The number of nitrogens with zero attached hydrogens (tertiary/aromatic N) is 1. The maximum atomic E-state index is 5.47. The van der Waals surface area contributed by atoms with Crippen LogP contribution < -0.4 is 5.73 Å². The molecule has 3 nitrogen and oxygen atoms in total. The van der Waals surface area contributed by atoms with E-state index in [0.29, 0.717) is 5.92 Å². The summed E-state index contributed by atoms with van der Waals surface area (Å²) in [5, 5.41) is 3.76. The van der Waals surface area contributed by atoms with Crippen LogP contribution in [0, 0.1) is 0 Å². The standard InChI is InChI=1S/C8H12N2O/c9-4-3-6-1-2-7-5-10-11-8(6)7/h5-6H,1-4,9H2. The first-order valence-corrected chi connectivity index (χ1v) is 4.05. The summed E-state index contributed by atoms with van der Waals surface area (Å²) in [5.74, 6) is 1.62. The number of aryl methyl sites for hydroxylation is 1. The third-order valence-electron chi connectivity index (χ3n) is 2.32. The molecule has 3 heteroatoms. The highest BCUT2D eigenvalue weighted by Crippen LogP contribution is 2.34. The Morgan fingerprint density at radius 1 is 1.73 bits per heavy atom. The zero-order valence-corrected chi connectivity index (χ0v) is 6.42. The first-order chi connectivity index (χ1) is 5.42. The van der Waals surface area contributed by atoms with Crippen molar-refractivity contribution >= 4 is 0 Å². The van der Waals surface area contributed by atoms with Crippen molar-refractivity contribution in [3.63, 3.8) is 0 Å². The third-order valence-corrected chi connectivity index (χ3v) is 2.32. The highest BCUT2D eigenvalue weighted by molar-refractivity contribution is 5.23. The fourth-order valence-electron chi connectivity index (χ4n) is 1.73. The van der Waals surface area contributed by atoms with Crippen LogP contribution in [0.1, 0.15) is 30.1 Å². The minimum absolute atomic E-state index is 0.539. The predicted octanol–water partition coefficient (Wildman–Crippen LogP) is 1.05. The average molecular weight is 152 g/mol. The molecule has 1 aliphatic carbocycles. The molecular formula is C8H12N2O. The van der Waals surface area contributed by atoms with Gasteiger partial charge in [-0.15, -0.1) is 0 Å². The molecule has 0 aliphatic heterocycles. The SMILES string of the molecule is NCCC1CCc2cnoc21. The van der Waals surface area contributed by atoms with Gasteiger partial charge in [0, 0.05) is 11.5 Å². The molecule has 1 aromatic heterocycles. The summed E-state index contributed by atoms with van der Waals surface area (Å²) < 4.78 is 5.14. The first kappa shape index (κ1) is 6.85. The molecule has 0 amide bonds. The number of nitrogens with two attached hydrogens (primary N) is 1. The quantitative estimate of drug-likeness (QED) is 0.689. The number of fused-ring (bicyclic) bond motifs is 1. The molecule has 1 unspecified atom stereocenters. The summed E-state index contributed by atoms with van der Waals surface area (Å²) in [6.07, 6.45) is 5.16. The number of rotatable bonds is 2. The van der Waals surface area contributed by atoms with Crippen molar-refractivity contribution in [2.45, 2.75) is 25.2 Å². The van der Waals surface area contributed by atoms with Crippen LogP contribution in [-0.4, -0.2) is 11.7 Å². The Morgan fingerprint density at radius 2 is 2.64 bits per heavy atom. The van der Waals surface area contributed by atoms with E-state index >= 15 is 0 Å². The smallest absolute Gasteiger partial charge is 0.143 e. The molecule has 60 valence electrons. The third kappa shape index (κ3) is 1.05. The normalized spacial score (nSPS) is 22.1. The van der Waals surface area contributed by atoms with E-state index in [1.54, 1.807) is 0 Å². The van der Waals surface area contributed by atoms with E-state index < -0.39 is 0 Å². The minimum Gasteiger partial charge on any atom is -0.361 e. The molecule has 2 rings (SSSR count). The van der Waals surface area contributed by atoms with Crippen molar-refractivity contribution in [1.82, 2.24) is 5.16 Å². The summed E-state index contributed by atoms with van der Waals surface area (Å²) in [6.45, 7) is 0.741. The Labute approximate surface area is 65.6 Å². The molecule has 2 N–H and O–H groups in total. The summed E-state index contributed by atoms with van der Waals surface area (Å²) in [6, 6.07) is 0. The van der Waals surface area contributed by atoms with Crippen LogP contribution in [0.25, 0.3) is 0 Å². The maximum absolute atomic E-state index is 5.47. The Balaban J connectivity index is 2.18. The molecular weight excluding hydrogens is 140 g/mol. The molecule has 0 spiro atoms. The molecule has 0 saturated carbocycles. The van der Waals surface area contributed by atoms with Gasteiger partial charge < -0.3 is 10.3 Å². The number of aromatic nitrogens is 1. The van der Waals surface area contributed by atoms with Crippen molar-refractivity contribution in [2.75, 3.05) is 6.54 Å². The second-order valence-electron chi connectivity index (χ2n) is 3.03. The van der Waals surface area contributed by atoms with Gasteiger partial charge in [0.15, 0.2) is 0 Å². The van der Waals surface area contributed by atoms with E-state index in [1.807, 2.05) is 6.20 Å². The molecule has 0 fully saturated rings. The molecule has 0 bridgehead atoms. The molecule has 11 heavy (non-hydrogen) atoms. The van der Waals surface area contributed by atoms with Gasteiger partial charge >= 0.3 is 0 Å². The monoisotopic (exact) mass is 152 g/mol. The topological polar surface area (TPSA) is 52.0 Å². The lowest BCUT2D eigenvalue weighted by Crippen LogP contribution is -2.04. The summed E-state index contributed by atoms with van der Waals surface area (Å²) in [5.41, 5.74) is 6.75. The molecule has 0 aromatic carbocycles. The Morgan fingerprint density at radius 3 is 3.45 bits per heavy atom. The Kier molecular flexibility index (Phi) is 1.66. The second-order valence-corrected chi connectivity index (χ2v) is 3.03. The second kappa shape index (κ2) is 2.66. The molecule has 0 radical (unpaired) electrons. The fourth-order valence-corrected chi connectivity index (χ4v) is 1.73. The lowest BCUT2D eigenvalue weighted by atomic mass is 10.0. The first-order valence-electron chi connectivity index (χ1n) is 4.05. The summed E-state index contributed by atoms with van der Waals surface area (Å²) in [7, 11) is 0. The van der Waals surface area contributed by atoms with Crippen molar-refractivity contribution < 1.29 is 4.52 Å². The van der Waals surface area contributed by atoms with Crippen LogP contribution in [0.2, 0.25) is 0 Å². The summed E-state index contributed by atoms with van der Waals surface area (Å²) >= 11 is 0. The predicted molar refractivity (Wildman–Crippen MR) is 41.2 cm³/mol. The van der Waals surface area contributed by atoms with Crippen molar-refractivity contribution in [2.24, 2.45) is 5.73 Å². The van der Waals surface area contributed by atoms with E-state index in [0.717, 1.165) is 25.1 Å². The van der Waals surface area contributed by atoms with E-state index in [2.05, 4.69) is 5.16 Å². The van der Waals surface area contributed by atoms with Crippen LogP contribution in [0.3, 0.4) is 0 Å². The Hall–Kier alpha value is -0.830. The summed E-state index contributed by atoms with van der Waals surface area (Å²) in [4.78, 5) is 0. The van der Waals surface area contributed by atoms with Gasteiger partial charge in [-0.1, -0.05) is 5.16 Å². The number of hydrogen-bond donors (Lipinski definition) is 1. The van der Waals surface area contributed by atoms with Gasteiger partial charge in [0.1, 0.15) is 5.76 Å². The lowest BCUT2D eigenvalue weighted by Gasteiger charge is -2.03. The van der Waals surface area contributed by atoms with Gasteiger partial charge in [-0.2, -0.15) is 0 Å². The minimum atomic E-state index is 0.539. The van der Waals surface area contributed by atoms with Gasteiger partial charge in [0.25, 0.3) is 0 Å². The highest BCUT2D eigenvalue weighted by Gasteiger charge is 2.25. The lowest BCUT2D eigenvalue weighted by molar-refractivity contribution is 0.357. The van der Waals surface area contributed by atoms with Gasteiger partial charge in [0.2, 0.25) is 0 Å². The van der Waals surface area contributed by atoms with E-state index in [9.17, 15) is 0 Å². The average Bonchev–Trinajstić information content (AvgIpc) is 2.53. The van der Waals surface area contributed by atoms with E-state index in [1.165, 1.54) is 12.0 Å². The zero-order valence-electron chi connectivity index (χ0n) is 6.42. The van der Waals surface area contributed by atoms with Crippen LogP contribution in [0.15, 0.2) is 10.7 Å². The zero-order chi connectivity index (χ0) is 7.68. The van der Waals surface area contributed by atoms with Gasteiger partial charge in [-0.3, -0.25) is 0 Å². The fraction of sp³-hybridized carbons (Fsp3) is 0.625. The molecule has 1 aromatic rings. The number of hydrogen-bond acceptors (Lipinski definition) is 3. The maximum Gasteiger partial charge on any atom is 0.143 e. The highest BCUT2D eigenvalue weighted by atomic mass is 16.5. The van der Waals surface area contributed by atoms with Crippen LogP contribution in [-0.2, 0) is 6.42 Å². The van der Waals surface area contributed by atoms with Gasteiger partial charge in [0.05, 0.1) is 6.20 Å².